The number of ether oxygens (including phenoxy) is 1. The van der Waals surface area contributed by atoms with Gasteiger partial charge in [-0.25, -0.2) is 8.42 Å². The summed E-state index contributed by atoms with van der Waals surface area (Å²) in [6.45, 7) is 8.48. The number of nitrogens with one attached hydrogen (secondary N) is 1. The minimum absolute atomic E-state index is 0.137. The number of carbonyl (C=O) groups is 2. The van der Waals surface area contributed by atoms with Crippen LogP contribution >= 0.6 is 0 Å². The van der Waals surface area contributed by atoms with Crippen LogP contribution in [0.1, 0.15) is 42.3 Å². The van der Waals surface area contributed by atoms with Gasteiger partial charge in [-0.3, -0.25) is 14.3 Å². The van der Waals surface area contributed by atoms with E-state index >= 15 is 0 Å². The number of carbonyl (C=O) groups excluding carboxylic acids is 2. The number of aryl methyl sites for hydroxylation is 2. The zero-order valence-corrected chi connectivity index (χ0v) is 19.0. The highest BCUT2D eigenvalue weighted by Gasteiger charge is 2.24. The number of hydrogen-bond acceptors (Lipinski definition) is 5. The molecule has 0 aromatic heterocycles. The van der Waals surface area contributed by atoms with Gasteiger partial charge in [0.25, 0.3) is 15.9 Å². The van der Waals surface area contributed by atoms with Crippen LogP contribution in [0, 0.1) is 13.8 Å². The number of likely N-dealkylation sites (N-methyl/N-ethyl adjacent to an activating group) is 1. The molecule has 30 heavy (non-hydrogen) atoms. The van der Waals surface area contributed by atoms with Crippen LogP contribution in [0.4, 0.5) is 5.69 Å². The van der Waals surface area contributed by atoms with Crippen molar-refractivity contribution in [3.05, 3.63) is 59.2 Å². The summed E-state index contributed by atoms with van der Waals surface area (Å²) in [6.07, 6.45) is 0. The molecule has 0 radical (unpaired) electrons. The predicted octanol–water partition coefficient (Wildman–Crippen LogP) is 3.52. The Kier molecular flexibility index (Phi) is 6.92. The number of benzene rings is 2. The molecule has 0 fully saturated rings. The van der Waals surface area contributed by atoms with Crippen LogP contribution in [0.25, 0.3) is 0 Å². The van der Waals surface area contributed by atoms with Gasteiger partial charge in [-0.2, -0.15) is 0 Å². The van der Waals surface area contributed by atoms with Crippen molar-refractivity contribution < 1.29 is 22.7 Å². The maximum absolute atomic E-state index is 12.9. The average molecular weight is 433 g/mol. The van der Waals surface area contributed by atoms with E-state index in [1.165, 1.54) is 24.1 Å². The van der Waals surface area contributed by atoms with Gasteiger partial charge in [0, 0.05) is 7.05 Å². The van der Waals surface area contributed by atoms with E-state index in [1.807, 2.05) is 13.0 Å². The Bertz CT molecular complexity index is 1060. The van der Waals surface area contributed by atoms with Gasteiger partial charge >= 0.3 is 5.97 Å². The number of amides is 1. The maximum Gasteiger partial charge on any atom is 0.326 e. The molecule has 0 saturated carbocycles. The molecule has 0 unspecified atom stereocenters. The molecule has 7 nitrogen and oxygen atoms in total. The second kappa shape index (κ2) is 8.87. The van der Waals surface area contributed by atoms with E-state index in [-0.39, 0.29) is 22.7 Å². The third kappa shape index (κ3) is 6.06. The molecule has 2 aromatic rings. The van der Waals surface area contributed by atoms with Crippen molar-refractivity contribution in [2.75, 3.05) is 18.3 Å². The van der Waals surface area contributed by atoms with Gasteiger partial charge < -0.3 is 9.64 Å². The topological polar surface area (TPSA) is 92.8 Å². The third-order valence-corrected chi connectivity index (χ3v) is 5.68. The monoisotopic (exact) mass is 432 g/mol. The largest absolute Gasteiger partial charge is 0.459 e. The third-order valence-electron chi connectivity index (χ3n) is 4.17. The van der Waals surface area contributed by atoms with Crippen molar-refractivity contribution >= 4 is 27.6 Å². The summed E-state index contributed by atoms with van der Waals surface area (Å²) in [6, 6.07) is 11.4. The van der Waals surface area contributed by atoms with Gasteiger partial charge in [0.2, 0.25) is 0 Å². The lowest BCUT2D eigenvalue weighted by Crippen LogP contribution is -2.36. The fourth-order valence-electron chi connectivity index (χ4n) is 2.80. The second-order valence-electron chi connectivity index (χ2n) is 8.17. The van der Waals surface area contributed by atoms with Gasteiger partial charge in [-0.1, -0.05) is 24.3 Å². The molecule has 0 spiro atoms. The van der Waals surface area contributed by atoms with Crippen molar-refractivity contribution in [2.24, 2.45) is 0 Å². The Morgan fingerprint density at radius 3 is 2.33 bits per heavy atom. The molecule has 0 bridgehead atoms. The van der Waals surface area contributed by atoms with E-state index in [9.17, 15) is 18.0 Å². The van der Waals surface area contributed by atoms with Crippen molar-refractivity contribution in [2.45, 2.75) is 45.1 Å². The van der Waals surface area contributed by atoms with Crippen LogP contribution in [0.15, 0.2) is 47.4 Å². The second-order valence-corrected chi connectivity index (χ2v) is 9.82. The van der Waals surface area contributed by atoms with Gasteiger partial charge in [-0.05, 0) is 63.9 Å². The van der Waals surface area contributed by atoms with E-state index in [1.54, 1.807) is 52.0 Å². The number of nitrogens with zero attached hydrogens (tertiary/aromatic N) is 1. The first-order chi connectivity index (χ1) is 13.8. The molecule has 0 aliphatic rings. The highest BCUT2D eigenvalue weighted by atomic mass is 32.2. The first-order valence-electron chi connectivity index (χ1n) is 9.46. The molecule has 0 saturated heterocycles. The average Bonchev–Trinajstić information content (AvgIpc) is 2.61. The van der Waals surface area contributed by atoms with Gasteiger partial charge in [0.15, 0.2) is 0 Å². The highest BCUT2D eigenvalue weighted by Crippen LogP contribution is 2.24. The van der Waals surface area contributed by atoms with E-state index in [0.29, 0.717) is 5.56 Å². The van der Waals surface area contributed by atoms with Crippen LogP contribution in [0.5, 0.6) is 0 Å². The summed E-state index contributed by atoms with van der Waals surface area (Å²) in [5, 5.41) is 0. The van der Waals surface area contributed by atoms with Crippen molar-refractivity contribution in [1.29, 1.82) is 0 Å². The number of rotatable bonds is 6. The quantitative estimate of drug-likeness (QED) is 0.705. The Morgan fingerprint density at radius 1 is 1.07 bits per heavy atom. The van der Waals surface area contributed by atoms with Crippen LogP contribution < -0.4 is 4.72 Å². The van der Waals surface area contributed by atoms with Crippen molar-refractivity contribution in [3.63, 3.8) is 0 Å². The summed E-state index contributed by atoms with van der Waals surface area (Å²) in [4.78, 5) is 26.3. The SMILES string of the molecule is Cc1ccc(C)c(S(=O)(=O)Nc2ccccc2C(=O)N(C)CC(=O)OC(C)(C)C)c1. The van der Waals surface area contributed by atoms with Gasteiger partial charge in [0.05, 0.1) is 16.1 Å². The van der Waals surface area contributed by atoms with Crippen molar-refractivity contribution in [1.82, 2.24) is 4.90 Å². The molecule has 0 aliphatic carbocycles. The first-order valence-corrected chi connectivity index (χ1v) is 10.9. The first kappa shape index (κ1) is 23.4. The summed E-state index contributed by atoms with van der Waals surface area (Å²) in [5.41, 5.74) is 1.01. The lowest BCUT2D eigenvalue weighted by atomic mass is 10.1. The minimum atomic E-state index is -3.91. The van der Waals surface area contributed by atoms with E-state index < -0.39 is 27.5 Å². The zero-order chi connectivity index (χ0) is 22.7. The predicted molar refractivity (Wildman–Crippen MR) is 116 cm³/mol. The molecule has 0 atom stereocenters. The smallest absolute Gasteiger partial charge is 0.326 e. The normalized spacial score (nSPS) is 11.7. The molecule has 8 heteroatoms. The highest BCUT2D eigenvalue weighted by molar-refractivity contribution is 7.92. The number of esters is 1. The summed E-state index contributed by atoms with van der Waals surface area (Å²) in [5.74, 6) is -1.05. The Balaban J connectivity index is 2.28. The molecule has 1 N–H and O–H groups in total. The van der Waals surface area contributed by atoms with Crippen LogP contribution in [0.2, 0.25) is 0 Å². The lowest BCUT2D eigenvalue weighted by molar-refractivity contribution is -0.155. The number of hydrogen-bond donors (Lipinski definition) is 1. The summed E-state index contributed by atoms with van der Waals surface area (Å²) < 4.78 is 33.6. The molecular formula is C22H28N2O5S. The fourth-order valence-corrected chi connectivity index (χ4v) is 4.21. The minimum Gasteiger partial charge on any atom is -0.459 e. The molecule has 162 valence electrons. The summed E-state index contributed by atoms with van der Waals surface area (Å²) >= 11 is 0. The Hall–Kier alpha value is -2.87. The van der Waals surface area contributed by atoms with Gasteiger partial charge in [-0.15, -0.1) is 0 Å². The fraction of sp³-hybridized carbons (Fsp3) is 0.364. The van der Waals surface area contributed by atoms with E-state index in [2.05, 4.69) is 4.72 Å². The van der Waals surface area contributed by atoms with E-state index in [4.69, 9.17) is 4.74 Å². The molecule has 2 aromatic carbocycles. The number of anilines is 1. The van der Waals surface area contributed by atoms with Crippen LogP contribution in [-0.4, -0.2) is 44.4 Å². The zero-order valence-electron chi connectivity index (χ0n) is 18.1. The van der Waals surface area contributed by atoms with Gasteiger partial charge in [0.1, 0.15) is 12.1 Å². The van der Waals surface area contributed by atoms with Crippen LogP contribution in [-0.2, 0) is 19.6 Å². The molecule has 2 rings (SSSR count). The molecule has 0 heterocycles. The molecule has 0 aliphatic heterocycles. The van der Waals surface area contributed by atoms with Crippen molar-refractivity contribution in [3.8, 4) is 0 Å². The summed E-state index contributed by atoms with van der Waals surface area (Å²) in [7, 11) is -2.45. The number of para-hydroxylation sites is 1. The Labute approximate surface area is 178 Å². The maximum atomic E-state index is 12.9. The lowest BCUT2D eigenvalue weighted by Gasteiger charge is -2.23. The van der Waals surface area contributed by atoms with Crippen LogP contribution in [0.3, 0.4) is 0 Å². The number of sulfonamides is 1. The Morgan fingerprint density at radius 2 is 1.70 bits per heavy atom. The molecule has 1 amide bonds. The standard InChI is InChI=1S/C22H28N2O5S/c1-15-11-12-16(2)19(13-15)30(27,28)23-18-10-8-7-9-17(18)21(26)24(6)14-20(25)29-22(3,4)5/h7-13,23H,14H2,1-6H3. The van der Waals surface area contributed by atoms with E-state index in [0.717, 1.165) is 5.56 Å². The molecular weight excluding hydrogens is 404 g/mol.